The van der Waals surface area contributed by atoms with Crippen LogP contribution in [0.1, 0.15) is 33.6 Å². The minimum Gasteiger partial charge on any atom is -0.398 e. The molecule has 0 saturated carbocycles. The van der Waals surface area contributed by atoms with Crippen LogP contribution in [0.15, 0.2) is 12.7 Å². The maximum absolute atomic E-state index is 10.8. The van der Waals surface area contributed by atoms with E-state index in [-0.39, 0.29) is 11.5 Å². The van der Waals surface area contributed by atoms with Gasteiger partial charge in [0.1, 0.15) is 0 Å². The van der Waals surface area contributed by atoms with E-state index in [0.29, 0.717) is 0 Å². The Hall–Kier alpha value is -0.613. The van der Waals surface area contributed by atoms with Gasteiger partial charge in [-0.25, -0.2) is 0 Å². The lowest BCUT2D eigenvalue weighted by atomic mass is 10.0. The zero-order valence-corrected chi connectivity index (χ0v) is 10.1. The fraction of sp³-hybridized carbons (Fsp3) is 0.667. The monoisotopic (exact) mass is 201 g/mol. The van der Waals surface area contributed by atoms with Gasteiger partial charge in [0, 0.05) is 0 Å². The number of hydrogen-bond donors (Lipinski definition) is 1. The Morgan fingerprint density at radius 1 is 1.69 bits per heavy atom. The highest BCUT2D eigenvalue weighted by atomic mass is 28.2. The van der Waals surface area contributed by atoms with E-state index in [2.05, 4.69) is 18.5 Å². The molecule has 0 aromatic carbocycles. The van der Waals surface area contributed by atoms with Gasteiger partial charge in [0.25, 0.3) is 9.92 Å². The number of carbonyl (C=O) groups excluding carboxylic acids is 1. The van der Waals surface area contributed by atoms with Crippen LogP contribution in [0, 0.1) is 0 Å². The summed E-state index contributed by atoms with van der Waals surface area (Å²) < 4.78 is 5.60. The van der Waals surface area contributed by atoms with Gasteiger partial charge in [0.2, 0.25) is 5.91 Å². The Kier molecular flexibility index (Phi) is 5.66. The lowest BCUT2D eigenvalue weighted by Gasteiger charge is -2.24. The molecule has 0 atom stereocenters. The lowest BCUT2D eigenvalue weighted by molar-refractivity contribution is -0.115. The first-order valence-corrected chi connectivity index (χ1v) is 5.84. The highest BCUT2D eigenvalue weighted by molar-refractivity contribution is 6.30. The van der Waals surface area contributed by atoms with Crippen LogP contribution >= 0.6 is 0 Å². The predicted octanol–water partition coefficient (Wildman–Crippen LogP) is 0.883. The standard InChI is InChI=1S/C9H19NO2Si/c1-5-7-9(3,4)12-13-10-8(11)6-2/h6H,2,5,7,13H2,1,3-4H3,(H,10,11). The molecule has 0 bridgehead atoms. The van der Waals surface area contributed by atoms with Crippen LogP contribution in [0.2, 0.25) is 0 Å². The number of hydrogen-bond acceptors (Lipinski definition) is 2. The first kappa shape index (κ1) is 12.4. The zero-order chi connectivity index (χ0) is 10.3. The third-order valence-electron chi connectivity index (χ3n) is 1.75. The van der Waals surface area contributed by atoms with Crippen molar-refractivity contribution >= 4 is 15.8 Å². The Bertz CT molecular complexity index is 180. The summed E-state index contributed by atoms with van der Waals surface area (Å²) in [7, 11) is -0.942. The van der Waals surface area contributed by atoms with Crippen LogP contribution in [0.3, 0.4) is 0 Å². The molecule has 0 aromatic rings. The van der Waals surface area contributed by atoms with Crippen molar-refractivity contribution in [1.29, 1.82) is 0 Å². The molecule has 1 amide bonds. The van der Waals surface area contributed by atoms with Crippen LogP contribution in [0.25, 0.3) is 0 Å². The average molecular weight is 201 g/mol. The van der Waals surface area contributed by atoms with Crippen molar-refractivity contribution in [3.63, 3.8) is 0 Å². The number of amides is 1. The second-order valence-corrected chi connectivity index (χ2v) is 4.47. The molecule has 0 aromatic heterocycles. The molecule has 0 unspecified atom stereocenters. The largest absolute Gasteiger partial charge is 0.398 e. The minimum atomic E-state index is -0.942. The molecule has 0 aliphatic heterocycles. The minimum absolute atomic E-state index is 0.102. The first-order chi connectivity index (χ1) is 6.02. The van der Waals surface area contributed by atoms with Crippen LogP contribution < -0.4 is 4.98 Å². The van der Waals surface area contributed by atoms with E-state index in [1.54, 1.807) is 0 Å². The van der Waals surface area contributed by atoms with E-state index in [4.69, 9.17) is 4.43 Å². The number of carbonyl (C=O) groups is 1. The molecule has 0 radical (unpaired) electrons. The zero-order valence-electron chi connectivity index (χ0n) is 8.72. The van der Waals surface area contributed by atoms with E-state index in [1.165, 1.54) is 6.08 Å². The van der Waals surface area contributed by atoms with Gasteiger partial charge in [-0.2, -0.15) is 0 Å². The Morgan fingerprint density at radius 2 is 2.31 bits per heavy atom. The molecule has 4 heteroatoms. The molecule has 0 aliphatic rings. The SMILES string of the molecule is C=CC(=O)N[SiH2]OC(C)(C)CCC. The van der Waals surface area contributed by atoms with Gasteiger partial charge in [-0.3, -0.25) is 4.79 Å². The maximum Gasteiger partial charge on any atom is 0.267 e. The van der Waals surface area contributed by atoms with Crippen molar-refractivity contribution < 1.29 is 9.22 Å². The first-order valence-electron chi connectivity index (χ1n) is 4.56. The van der Waals surface area contributed by atoms with Crippen molar-refractivity contribution in [2.75, 3.05) is 0 Å². The van der Waals surface area contributed by atoms with E-state index >= 15 is 0 Å². The third-order valence-corrected chi connectivity index (χ3v) is 3.17. The third kappa shape index (κ3) is 6.54. The average Bonchev–Trinajstić information content (AvgIpc) is 2.03. The molecule has 0 aliphatic carbocycles. The van der Waals surface area contributed by atoms with Crippen molar-refractivity contribution in [2.24, 2.45) is 0 Å². The van der Waals surface area contributed by atoms with Crippen molar-refractivity contribution in [3.05, 3.63) is 12.7 Å². The second-order valence-electron chi connectivity index (χ2n) is 3.54. The molecule has 0 rings (SSSR count). The maximum atomic E-state index is 10.8. The summed E-state index contributed by atoms with van der Waals surface area (Å²) in [6, 6.07) is 0. The quantitative estimate of drug-likeness (QED) is 0.512. The summed E-state index contributed by atoms with van der Waals surface area (Å²) in [4.78, 5) is 13.5. The summed E-state index contributed by atoms with van der Waals surface area (Å²) in [5.74, 6) is -0.140. The normalized spacial score (nSPS) is 11.9. The van der Waals surface area contributed by atoms with Crippen molar-refractivity contribution in [2.45, 2.75) is 39.2 Å². The smallest absolute Gasteiger partial charge is 0.267 e. The van der Waals surface area contributed by atoms with Crippen LogP contribution in [0.5, 0.6) is 0 Å². The molecule has 1 N–H and O–H groups in total. The van der Waals surface area contributed by atoms with Crippen LogP contribution in [-0.2, 0) is 9.22 Å². The molecule has 0 spiro atoms. The van der Waals surface area contributed by atoms with E-state index in [9.17, 15) is 4.79 Å². The number of rotatable bonds is 6. The Labute approximate surface area is 82.6 Å². The second kappa shape index (κ2) is 5.94. The van der Waals surface area contributed by atoms with E-state index in [0.717, 1.165) is 12.8 Å². The van der Waals surface area contributed by atoms with E-state index in [1.807, 2.05) is 13.8 Å². The molecule has 13 heavy (non-hydrogen) atoms. The highest BCUT2D eigenvalue weighted by Crippen LogP contribution is 2.14. The summed E-state index contributed by atoms with van der Waals surface area (Å²) in [5, 5.41) is 0. The van der Waals surface area contributed by atoms with E-state index < -0.39 is 9.92 Å². The van der Waals surface area contributed by atoms with Gasteiger partial charge >= 0.3 is 0 Å². The van der Waals surface area contributed by atoms with Gasteiger partial charge in [0.05, 0.1) is 5.60 Å². The van der Waals surface area contributed by atoms with Crippen molar-refractivity contribution in [1.82, 2.24) is 4.98 Å². The molecular formula is C9H19NO2Si. The topological polar surface area (TPSA) is 38.3 Å². The van der Waals surface area contributed by atoms with Gasteiger partial charge < -0.3 is 9.41 Å². The fourth-order valence-corrected chi connectivity index (χ4v) is 1.94. The predicted molar refractivity (Wildman–Crippen MR) is 57.0 cm³/mol. The van der Waals surface area contributed by atoms with Gasteiger partial charge in [0.15, 0.2) is 0 Å². The van der Waals surface area contributed by atoms with Gasteiger partial charge in [-0.15, -0.1) is 0 Å². The Morgan fingerprint density at radius 3 is 2.77 bits per heavy atom. The lowest BCUT2D eigenvalue weighted by Crippen LogP contribution is -2.35. The fourth-order valence-electron chi connectivity index (χ4n) is 1.05. The van der Waals surface area contributed by atoms with Gasteiger partial charge in [-0.05, 0) is 26.3 Å². The molecule has 76 valence electrons. The van der Waals surface area contributed by atoms with Gasteiger partial charge in [-0.1, -0.05) is 19.9 Å². The van der Waals surface area contributed by atoms with Crippen molar-refractivity contribution in [3.8, 4) is 0 Å². The molecule has 0 fully saturated rings. The highest BCUT2D eigenvalue weighted by Gasteiger charge is 2.16. The molecule has 0 heterocycles. The molecule has 0 saturated heterocycles. The summed E-state index contributed by atoms with van der Waals surface area (Å²) in [6.45, 7) is 9.58. The van der Waals surface area contributed by atoms with Crippen LogP contribution in [-0.4, -0.2) is 21.4 Å². The summed E-state index contributed by atoms with van der Waals surface area (Å²) in [5.41, 5.74) is -0.102. The molecular weight excluding hydrogens is 182 g/mol. The molecule has 3 nitrogen and oxygen atoms in total. The number of nitrogens with one attached hydrogen (secondary N) is 1. The Balaban J connectivity index is 3.62. The summed E-state index contributed by atoms with van der Waals surface area (Å²) in [6.07, 6.45) is 3.38. The van der Waals surface area contributed by atoms with Crippen LogP contribution in [0.4, 0.5) is 0 Å². The summed E-state index contributed by atoms with van der Waals surface area (Å²) >= 11 is 0.